The molecule has 1 aromatic heterocycles. The van der Waals surface area contributed by atoms with Crippen LogP contribution >= 0.6 is 11.5 Å². The van der Waals surface area contributed by atoms with Gasteiger partial charge >= 0.3 is 6.18 Å². The minimum absolute atomic E-state index is 0.279. The Balaban J connectivity index is 2.09. The van der Waals surface area contributed by atoms with Crippen molar-refractivity contribution in [1.82, 2.24) is 14.9 Å². The van der Waals surface area contributed by atoms with Gasteiger partial charge in [0.15, 0.2) is 0 Å². The van der Waals surface area contributed by atoms with Gasteiger partial charge in [-0.15, -0.1) is 5.10 Å². The molecule has 0 saturated carbocycles. The van der Waals surface area contributed by atoms with E-state index in [-0.39, 0.29) is 12.1 Å². The second-order valence-corrected chi connectivity index (χ2v) is 5.47. The highest BCUT2D eigenvalue weighted by atomic mass is 32.1. The number of aromatic nitrogens is 2. The average Bonchev–Trinajstić information content (AvgIpc) is 3.00. The number of amides is 1. The first-order valence-electron chi connectivity index (χ1n) is 6.78. The zero-order valence-electron chi connectivity index (χ0n) is 12.1. The molecule has 0 saturated heterocycles. The molecule has 124 valence electrons. The highest BCUT2D eigenvalue weighted by Gasteiger charge is 2.34. The van der Waals surface area contributed by atoms with Crippen LogP contribution < -0.4 is 5.32 Å². The van der Waals surface area contributed by atoms with Crippen molar-refractivity contribution in [3.63, 3.8) is 0 Å². The Morgan fingerprint density at radius 3 is 2.74 bits per heavy atom. The molecule has 2 rings (SSSR count). The monoisotopic (exact) mass is 345 g/mol. The molecule has 1 amide bonds. The second kappa shape index (κ2) is 7.05. The third-order valence-electron chi connectivity index (χ3n) is 3.18. The first-order chi connectivity index (χ1) is 10.8. The third kappa shape index (κ3) is 4.05. The van der Waals surface area contributed by atoms with E-state index in [1.165, 1.54) is 18.2 Å². The third-order valence-corrected chi connectivity index (χ3v) is 3.94. The fourth-order valence-electron chi connectivity index (χ4n) is 2.04. The number of hydrogen-bond acceptors (Lipinski definition) is 5. The van der Waals surface area contributed by atoms with E-state index >= 15 is 0 Å². The van der Waals surface area contributed by atoms with Crippen molar-refractivity contribution in [2.45, 2.75) is 25.6 Å². The van der Waals surface area contributed by atoms with Gasteiger partial charge in [0.05, 0.1) is 17.4 Å². The number of benzene rings is 1. The molecule has 5 nitrogen and oxygen atoms in total. The highest BCUT2D eigenvalue weighted by Crippen LogP contribution is 2.34. The summed E-state index contributed by atoms with van der Waals surface area (Å²) in [5, 5.41) is 16.2. The predicted molar refractivity (Wildman–Crippen MR) is 78.0 cm³/mol. The number of aliphatic hydroxyl groups is 1. The second-order valence-electron chi connectivity index (χ2n) is 4.71. The molecular weight excluding hydrogens is 331 g/mol. The molecule has 1 heterocycles. The maximum absolute atomic E-state index is 12.9. The van der Waals surface area contributed by atoms with Gasteiger partial charge in [0.1, 0.15) is 4.88 Å². The lowest BCUT2D eigenvalue weighted by Crippen LogP contribution is -2.29. The first kappa shape index (κ1) is 17.4. The summed E-state index contributed by atoms with van der Waals surface area (Å²) in [4.78, 5) is 12.3. The Bertz CT molecular complexity index is 688. The van der Waals surface area contributed by atoms with Gasteiger partial charge in [0.25, 0.3) is 5.91 Å². The smallest absolute Gasteiger partial charge is 0.387 e. The SMILES string of the molecule is CCc1nnsc1C(=O)NCC(O)c1ccccc1C(F)(F)F. The number of carbonyl (C=O) groups is 1. The van der Waals surface area contributed by atoms with Gasteiger partial charge in [0, 0.05) is 6.54 Å². The summed E-state index contributed by atoms with van der Waals surface area (Å²) in [6.07, 6.45) is -5.53. The normalized spacial score (nSPS) is 12.9. The van der Waals surface area contributed by atoms with Crippen molar-refractivity contribution in [1.29, 1.82) is 0 Å². The van der Waals surface area contributed by atoms with Crippen LogP contribution in [0, 0.1) is 0 Å². The largest absolute Gasteiger partial charge is 0.416 e. The molecule has 1 atom stereocenters. The van der Waals surface area contributed by atoms with Gasteiger partial charge in [-0.1, -0.05) is 29.6 Å². The fraction of sp³-hybridized carbons (Fsp3) is 0.357. The molecular formula is C14H14F3N3O2S. The van der Waals surface area contributed by atoms with Crippen LogP contribution in [0.5, 0.6) is 0 Å². The number of aryl methyl sites for hydroxylation is 1. The van der Waals surface area contributed by atoms with Crippen LogP contribution in [-0.2, 0) is 12.6 Å². The van der Waals surface area contributed by atoms with E-state index in [2.05, 4.69) is 14.9 Å². The molecule has 0 bridgehead atoms. The van der Waals surface area contributed by atoms with Crippen molar-refractivity contribution in [2.24, 2.45) is 0 Å². The van der Waals surface area contributed by atoms with E-state index in [0.29, 0.717) is 17.0 Å². The van der Waals surface area contributed by atoms with Crippen molar-refractivity contribution in [3.8, 4) is 0 Å². The summed E-state index contributed by atoms with van der Waals surface area (Å²) in [6.45, 7) is 1.47. The molecule has 0 aliphatic heterocycles. The van der Waals surface area contributed by atoms with Crippen LogP contribution in [0.2, 0.25) is 0 Å². The van der Waals surface area contributed by atoms with E-state index in [9.17, 15) is 23.1 Å². The average molecular weight is 345 g/mol. The maximum atomic E-state index is 12.9. The summed E-state index contributed by atoms with van der Waals surface area (Å²) in [5.74, 6) is -0.514. The minimum atomic E-state index is -4.57. The van der Waals surface area contributed by atoms with Crippen LogP contribution in [0.1, 0.15) is 39.5 Å². The summed E-state index contributed by atoms with van der Waals surface area (Å²) in [5.41, 5.74) is -0.688. The van der Waals surface area contributed by atoms with Gasteiger partial charge in [-0.25, -0.2) is 0 Å². The Kier molecular flexibility index (Phi) is 5.32. The van der Waals surface area contributed by atoms with Crippen LogP contribution in [0.4, 0.5) is 13.2 Å². The van der Waals surface area contributed by atoms with Crippen molar-refractivity contribution in [3.05, 3.63) is 46.0 Å². The zero-order valence-corrected chi connectivity index (χ0v) is 12.9. The summed E-state index contributed by atoms with van der Waals surface area (Å²) in [6, 6.07) is 4.72. The zero-order chi connectivity index (χ0) is 17.0. The van der Waals surface area contributed by atoms with E-state index in [0.717, 1.165) is 17.6 Å². The molecule has 0 spiro atoms. The summed E-state index contributed by atoms with van der Waals surface area (Å²) < 4.78 is 42.4. The number of carbonyl (C=O) groups excluding carboxylic acids is 1. The van der Waals surface area contributed by atoms with E-state index in [1.54, 1.807) is 0 Å². The molecule has 0 aliphatic rings. The van der Waals surface area contributed by atoms with Crippen LogP contribution in [0.15, 0.2) is 24.3 Å². The van der Waals surface area contributed by atoms with Crippen LogP contribution in [0.3, 0.4) is 0 Å². The molecule has 2 aromatic rings. The van der Waals surface area contributed by atoms with E-state index in [1.807, 2.05) is 6.92 Å². The van der Waals surface area contributed by atoms with Crippen LogP contribution in [0.25, 0.3) is 0 Å². The molecule has 23 heavy (non-hydrogen) atoms. The Labute approximate surface area is 134 Å². The Morgan fingerprint density at radius 1 is 1.39 bits per heavy atom. The number of aliphatic hydroxyl groups excluding tert-OH is 1. The van der Waals surface area contributed by atoms with Gasteiger partial charge in [-0.05, 0) is 29.6 Å². The number of hydrogen-bond donors (Lipinski definition) is 2. The van der Waals surface area contributed by atoms with Crippen LogP contribution in [-0.4, -0.2) is 27.1 Å². The topological polar surface area (TPSA) is 75.1 Å². The minimum Gasteiger partial charge on any atom is -0.387 e. The molecule has 1 aromatic carbocycles. The predicted octanol–water partition coefficient (Wildman–Crippen LogP) is 2.58. The number of nitrogens with zero attached hydrogens (tertiary/aromatic N) is 2. The molecule has 2 N–H and O–H groups in total. The first-order valence-corrected chi connectivity index (χ1v) is 7.55. The Morgan fingerprint density at radius 2 is 2.09 bits per heavy atom. The maximum Gasteiger partial charge on any atom is 0.416 e. The van der Waals surface area contributed by atoms with Gasteiger partial charge < -0.3 is 10.4 Å². The van der Waals surface area contributed by atoms with Crippen molar-refractivity contribution < 1.29 is 23.1 Å². The van der Waals surface area contributed by atoms with E-state index in [4.69, 9.17) is 0 Å². The fourth-order valence-corrected chi connectivity index (χ4v) is 2.70. The molecule has 9 heteroatoms. The standard InChI is InChI=1S/C14H14F3N3O2S/c1-2-10-12(23-20-19-10)13(22)18-7-11(21)8-5-3-4-6-9(8)14(15,16)17/h3-6,11,21H,2,7H2,1H3,(H,18,22). The number of halogens is 3. The lowest BCUT2D eigenvalue weighted by molar-refractivity contribution is -0.139. The lowest BCUT2D eigenvalue weighted by atomic mass is 10.0. The van der Waals surface area contributed by atoms with Gasteiger partial charge in [-0.2, -0.15) is 13.2 Å². The molecule has 1 unspecified atom stereocenters. The van der Waals surface area contributed by atoms with Crippen molar-refractivity contribution >= 4 is 17.4 Å². The number of nitrogens with one attached hydrogen (secondary N) is 1. The number of rotatable bonds is 5. The molecule has 0 fully saturated rings. The van der Waals surface area contributed by atoms with Crippen molar-refractivity contribution in [2.75, 3.05) is 6.54 Å². The lowest BCUT2D eigenvalue weighted by Gasteiger charge is -2.17. The van der Waals surface area contributed by atoms with Gasteiger partial charge in [-0.3, -0.25) is 4.79 Å². The quantitative estimate of drug-likeness (QED) is 0.873. The summed E-state index contributed by atoms with van der Waals surface area (Å²) in [7, 11) is 0. The molecule has 0 radical (unpaired) electrons. The molecule has 0 aliphatic carbocycles. The Hall–Kier alpha value is -2.00. The van der Waals surface area contributed by atoms with E-state index < -0.39 is 23.8 Å². The summed E-state index contributed by atoms with van der Waals surface area (Å²) >= 11 is 0.902. The van der Waals surface area contributed by atoms with Gasteiger partial charge in [0.2, 0.25) is 0 Å². The highest BCUT2D eigenvalue weighted by molar-refractivity contribution is 7.08. The number of alkyl halides is 3.